The highest BCUT2D eigenvalue weighted by Gasteiger charge is 2.25. The quantitative estimate of drug-likeness (QED) is 0.291. The molecule has 6 nitrogen and oxygen atoms in total. The van der Waals surface area contributed by atoms with Gasteiger partial charge in [0, 0.05) is 49.5 Å². The van der Waals surface area contributed by atoms with Crippen LogP contribution in [0.25, 0.3) is 11.3 Å². The smallest absolute Gasteiger partial charge is 0.211 e. The number of hydrogen-bond donors (Lipinski definition) is 0. The number of hydrogen-bond acceptors (Lipinski definition) is 5. The van der Waals surface area contributed by atoms with Gasteiger partial charge >= 0.3 is 0 Å². The fourth-order valence-corrected chi connectivity index (χ4v) is 6.37. The highest BCUT2D eigenvalue weighted by atomic mass is 32.2. The molecule has 1 aliphatic rings. The largest absolute Gasteiger partial charge is 0.489 e. The Morgan fingerprint density at radius 2 is 1.57 bits per heavy atom. The number of pyridine rings is 1. The molecule has 1 aromatic heterocycles. The summed E-state index contributed by atoms with van der Waals surface area (Å²) in [4.78, 5) is 7.50. The molecule has 0 aliphatic carbocycles. The monoisotopic (exact) mass is 563 g/mol. The first-order valence-electron chi connectivity index (χ1n) is 14.5. The zero-order valence-electron chi connectivity index (χ0n) is 25.3. The van der Waals surface area contributed by atoms with Gasteiger partial charge in [-0.2, -0.15) is 4.31 Å². The lowest BCUT2D eigenvalue weighted by Gasteiger charge is -2.33. The molecule has 2 aromatic carbocycles. The molecule has 1 fully saturated rings. The van der Waals surface area contributed by atoms with Crippen LogP contribution >= 0.6 is 0 Å². The minimum Gasteiger partial charge on any atom is -0.489 e. The van der Waals surface area contributed by atoms with E-state index in [1.54, 1.807) is 4.31 Å². The predicted molar refractivity (Wildman–Crippen MR) is 164 cm³/mol. The van der Waals surface area contributed by atoms with Crippen molar-refractivity contribution in [3.05, 3.63) is 81.5 Å². The van der Waals surface area contributed by atoms with E-state index in [1.807, 2.05) is 0 Å². The maximum atomic E-state index is 12.1. The fourth-order valence-electron chi connectivity index (χ4n) is 5.54. The molecule has 2 heterocycles. The van der Waals surface area contributed by atoms with E-state index in [0.29, 0.717) is 38.7 Å². The number of nitrogens with zero attached hydrogens (tertiary/aromatic N) is 3. The molecule has 0 unspecified atom stereocenters. The lowest BCUT2D eigenvalue weighted by Crippen LogP contribution is -2.47. The number of ether oxygens (including phenoxy) is 1. The van der Waals surface area contributed by atoms with Gasteiger partial charge in [-0.05, 0) is 72.6 Å². The third-order valence-corrected chi connectivity index (χ3v) is 9.43. The highest BCUT2D eigenvalue weighted by molar-refractivity contribution is 7.88. The number of sulfonamides is 1. The van der Waals surface area contributed by atoms with E-state index in [-0.39, 0.29) is 0 Å². The van der Waals surface area contributed by atoms with Crippen LogP contribution in [0.1, 0.15) is 72.7 Å². The molecule has 0 radical (unpaired) electrons. The number of aryl methyl sites for hydroxylation is 4. The van der Waals surface area contributed by atoms with Gasteiger partial charge in [-0.25, -0.2) is 8.42 Å². The third kappa shape index (κ3) is 6.93. The van der Waals surface area contributed by atoms with E-state index in [0.717, 1.165) is 47.7 Å². The fraction of sp³-hybridized carbons (Fsp3) is 0.485. The van der Waals surface area contributed by atoms with E-state index in [9.17, 15) is 8.42 Å². The van der Waals surface area contributed by atoms with Crippen LogP contribution < -0.4 is 4.74 Å². The zero-order chi connectivity index (χ0) is 29.0. The summed E-state index contributed by atoms with van der Waals surface area (Å²) in [5.41, 5.74) is 10.5. The standard InChI is InChI=1S/C33H45N3O3S/c1-8-26-11-10-12-27(9-2)33(26)31-19-29(21-35-15-17-36(18-16-35)40(7,37)38)30(25(6)34-31)22-39-32-20-28(23(3)4)14-13-24(32)5/h10-14,19-20,23H,8-9,15-18,21-22H2,1-7H3. The van der Waals surface area contributed by atoms with Crippen molar-refractivity contribution in [3.8, 4) is 17.0 Å². The molecule has 1 saturated heterocycles. The van der Waals surface area contributed by atoms with Gasteiger partial charge in [0.2, 0.25) is 10.0 Å². The Morgan fingerprint density at radius 1 is 0.925 bits per heavy atom. The summed E-state index contributed by atoms with van der Waals surface area (Å²) in [7, 11) is -3.17. The Balaban J connectivity index is 1.71. The molecule has 0 atom stereocenters. The minimum absolute atomic E-state index is 0.429. The third-order valence-electron chi connectivity index (χ3n) is 8.12. The number of aromatic nitrogens is 1. The molecule has 4 rings (SSSR count). The van der Waals surface area contributed by atoms with Crippen molar-refractivity contribution in [2.75, 3.05) is 32.4 Å². The Bertz CT molecular complexity index is 1420. The molecule has 0 N–H and O–H groups in total. The van der Waals surface area contributed by atoms with Crippen molar-refractivity contribution in [3.63, 3.8) is 0 Å². The maximum absolute atomic E-state index is 12.1. The molecule has 0 spiro atoms. The predicted octanol–water partition coefficient (Wildman–Crippen LogP) is 6.27. The molecule has 7 heteroatoms. The molecule has 1 aliphatic heterocycles. The lowest BCUT2D eigenvalue weighted by molar-refractivity contribution is 0.180. The number of benzene rings is 2. The van der Waals surface area contributed by atoms with E-state index >= 15 is 0 Å². The van der Waals surface area contributed by atoms with Crippen molar-refractivity contribution < 1.29 is 13.2 Å². The van der Waals surface area contributed by atoms with Gasteiger partial charge in [-0.3, -0.25) is 9.88 Å². The molecular weight excluding hydrogens is 518 g/mol. The minimum atomic E-state index is -3.17. The van der Waals surface area contributed by atoms with Crippen molar-refractivity contribution in [2.24, 2.45) is 0 Å². The summed E-state index contributed by atoms with van der Waals surface area (Å²) in [6, 6.07) is 15.3. The summed E-state index contributed by atoms with van der Waals surface area (Å²) < 4.78 is 32.2. The molecule has 40 heavy (non-hydrogen) atoms. The van der Waals surface area contributed by atoms with Crippen LogP contribution in [-0.2, 0) is 36.0 Å². The summed E-state index contributed by atoms with van der Waals surface area (Å²) in [6.45, 7) is 16.6. The van der Waals surface area contributed by atoms with E-state index < -0.39 is 10.0 Å². The van der Waals surface area contributed by atoms with Crippen LogP contribution in [0.5, 0.6) is 5.75 Å². The number of rotatable bonds is 10. The first-order chi connectivity index (χ1) is 19.0. The average Bonchev–Trinajstić information content (AvgIpc) is 2.92. The SMILES string of the molecule is CCc1cccc(CC)c1-c1cc(CN2CCN(S(C)(=O)=O)CC2)c(COc2cc(C(C)C)ccc2C)c(C)n1. The second-order valence-electron chi connectivity index (χ2n) is 11.3. The maximum Gasteiger partial charge on any atom is 0.211 e. The van der Waals surface area contributed by atoms with Crippen LogP contribution in [0.4, 0.5) is 0 Å². The van der Waals surface area contributed by atoms with Crippen LogP contribution in [-0.4, -0.2) is 55.0 Å². The van der Waals surface area contributed by atoms with Gasteiger partial charge < -0.3 is 4.74 Å². The lowest BCUT2D eigenvalue weighted by atomic mass is 9.93. The molecule has 0 saturated carbocycles. The Hall–Kier alpha value is -2.74. The van der Waals surface area contributed by atoms with Crippen LogP contribution in [0.3, 0.4) is 0 Å². The van der Waals surface area contributed by atoms with Crippen LogP contribution in [0.2, 0.25) is 0 Å². The van der Waals surface area contributed by atoms with Gasteiger partial charge in [0.15, 0.2) is 0 Å². The first kappa shape index (κ1) is 30.2. The molecular formula is C33H45N3O3S. The zero-order valence-corrected chi connectivity index (χ0v) is 26.1. The van der Waals surface area contributed by atoms with Crippen molar-refractivity contribution in [1.29, 1.82) is 0 Å². The van der Waals surface area contributed by atoms with E-state index in [2.05, 4.69) is 88.9 Å². The van der Waals surface area contributed by atoms with Crippen molar-refractivity contribution >= 4 is 10.0 Å². The van der Waals surface area contributed by atoms with Gasteiger partial charge in [0.1, 0.15) is 12.4 Å². The summed E-state index contributed by atoms with van der Waals surface area (Å²) in [5.74, 6) is 1.34. The summed E-state index contributed by atoms with van der Waals surface area (Å²) >= 11 is 0. The molecule has 0 amide bonds. The Kier molecular flexibility index (Phi) is 9.70. The highest BCUT2D eigenvalue weighted by Crippen LogP contribution is 2.32. The molecule has 216 valence electrons. The molecule has 3 aromatic rings. The van der Waals surface area contributed by atoms with Gasteiger partial charge in [0.25, 0.3) is 0 Å². The Morgan fingerprint density at radius 3 is 2.15 bits per heavy atom. The topological polar surface area (TPSA) is 62.7 Å². The van der Waals surface area contributed by atoms with E-state index in [1.165, 1.54) is 34.1 Å². The average molecular weight is 564 g/mol. The molecule has 0 bridgehead atoms. The summed E-state index contributed by atoms with van der Waals surface area (Å²) in [5, 5.41) is 0. The van der Waals surface area contributed by atoms with Gasteiger partial charge in [-0.1, -0.05) is 58.0 Å². The van der Waals surface area contributed by atoms with E-state index in [4.69, 9.17) is 9.72 Å². The second kappa shape index (κ2) is 12.8. The van der Waals surface area contributed by atoms with Gasteiger partial charge in [0.05, 0.1) is 11.9 Å². The van der Waals surface area contributed by atoms with Crippen LogP contribution in [0, 0.1) is 13.8 Å². The van der Waals surface area contributed by atoms with Gasteiger partial charge in [-0.15, -0.1) is 0 Å². The van der Waals surface area contributed by atoms with Crippen molar-refractivity contribution in [1.82, 2.24) is 14.2 Å². The Labute approximate surface area is 241 Å². The number of piperazine rings is 1. The van der Waals surface area contributed by atoms with Crippen molar-refractivity contribution in [2.45, 2.75) is 73.5 Å². The van der Waals surface area contributed by atoms with Crippen LogP contribution in [0.15, 0.2) is 42.5 Å². The first-order valence-corrected chi connectivity index (χ1v) is 16.4. The second-order valence-corrected chi connectivity index (χ2v) is 13.3. The normalized spacial score (nSPS) is 15.1. The summed E-state index contributed by atoms with van der Waals surface area (Å²) in [6.07, 6.45) is 3.19.